The maximum Gasteiger partial charge on any atom is 0.107 e. The molecule has 0 saturated carbocycles. The SMILES string of the molecule is CCNCc1nc(CN2CCC(OC)CC2)cs1. The normalized spacial score (nSPS) is 18.3. The number of hydrogen-bond acceptors (Lipinski definition) is 5. The molecule has 2 heterocycles. The maximum absolute atomic E-state index is 5.39. The zero-order chi connectivity index (χ0) is 12.8. The lowest BCUT2D eigenvalue weighted by Gasteiger charge is -2.30. The van der Waals surface area contributed by atoms with Crippen LogP contribution in [0.15, 0.2) is 5.38 Å². The standard InChI is InChI=1S/C13H23N3OS/c1-3-14-8-13-15-11(10-18-13)9-16-6-4-12(17-2)5-7-16/h10,12,14H,3-9H2,1-2H3. The Labute approximate surface area is 113 Å². The Morgan fingerprint density at radius 2 is 2.28 bits per heavy atom. The lowest BCUT2D eigenvalue weighted by molar-refractivity contribution is 0.0385. The molecule has 0 aromatic carbocycles. The van der Waals surface area contributed by atoms with Gasteiger partial charge in [-0.1, -0.05) is 6.92 Å². The van der Waals surface area contributed by atoms with Crippen molar-refractivity contribution in [2.45, 2.75) is 39.0 Å². The van der Waals surface area contributed by atoms with Crippen LogP contribution in [0, 0.1) is 0 Å². The lowest BCUT2D eigenvalue weighted by Crippen LogP contribution is -2.36. The first-order chi connectivity index (χ1) is 8.81. The van der Waals surface area contributed by atoms with Gasteiger partial charge in [-0.2, -0.15) is 0 Å². The summed E-state index contributed by atoms with van der Waals surface area (Å²) in [5.41, 5.74) is 1.21. The summed E-state index contributed by atoms with van der Waals surface area (Å²) >= 11 is 1.76. The molecule has 0 bridgehead atoms. The third-order valence-electron chi connectivity index (χ3n) is 3.38. The summed E-state index contributed by atoms with van der Waals surface area (Å²) < 4.78 is 5.39. The number of thiazole rings is 1. The Bertz CT molecular complexity index is 348. The molecule has 1 aromatic heterocycles. The van der Waals surface area contributed by atoms with Crippen LogP contribution < -0.4 is 5.32 Å². The van der Waals surface area contributed by atoms with Gasteiger partial charge in [0.05, 0.1) is 11.8 Å². The molecule has 102 valence electrons. The topological polar surface area (TPSA) is 37.4 Å². The molecule has 1 N–H and O–H groups in total. The molecule has 1 fully saturated rings. The molecule has 0 radical (unpaired) electrons. The van der Waals surface area contributed by atoms with Crippen LogP contribution >= 0.6 is 11.3 Å². The van der Waals surface area contributed by atoms with Gasteiger partial charge in [0.1, 0.15) is 5.01 Å². The molecule has 0 unspecified atom stereocenters. The monoisotopic (exact) mass is 269 g/mol. The van der Waals surface area contributed by atoms with Crippen LogP contribution in [0.5, 0.6) is 0 Å². The van der Waals surface area contributed by atoms with Gasteiger partial charge in [-0.05, 0) is 19.4 Å². The molecule has 18 heavy (non-hydrogen) atoms. The number of ether oxygens (including phenoxy) is 1. The fraction of sp³-hybridized carbons (Fsp3) is 0.769. The summed E-state index contributed by atoms with van der Waals surface area (Å²) in [6.45, 7) is 7.25. The van der Waals surface area contributed by atoms with Crippen molar-refractivity contribution in [3.8, 4) is 0 Å². The summed E-state index contributed by atoms with van der Waals surface area (Å²) in [6.07, 6.45) is 2.75. The van der Waals surface area contributed by atoms with Crippen LogP contribution in [0.2, 0.25) is 0 Å². The van der Waals surface area contributed by atoms with E-state index in [1.807, 2.05) is 7.11 Å². The quantitative estimate of drug-likeness (QED) is 0.855. The Hall–Kier alpha value is -0.490. The molecule has 5 heteroatoms. The summed E-state index contributed by atoms with van der Waals surface area (Å²) in [4.78, 5) is 7.14. The number of nitrogens with zero attached hydrogens (tertiary/aromatic N) is 2. The molecule has 0 spiro atoms. The average Bonchev–Trinajstić information content (AvgIpc) is 2.85. The molecule has 4 nitrogen and oxygen atoms in total. The van der Waals surface area contributed by atoms with Crippen molar-refractivity contribution in [3.05, 3.63) is 16.1 Å². The zero-order valence-corrected chi connectivity index (χ0v) is 12.1. The summed E-state index contributed by atoms with van der Waals surface area (Å²) in [5.74, 6) is 0. The molecule has 0 aliphatic carbocycles. The molecule has 1 aliphatic heterocycles. The van der Waals surface area contributed by atoms with E-state index >= 15 is 0 Å². The fourth-order valence-corrected chi connectivity index (χ4v) is 3.02. The number of likely N-dealkylation sites (tertiary alicyclic amines) is 1. The Kier molecular flexibility index (Phi) is 5.56. The zero-order valence-electron chi connectivity index (χ0n) is 11.3. The van der Waals surface area contributed by atoms with Crippen molar-refractivity contribution in [1.82, 2.24) is 15.2 Å². The predicted molar refractivity (Wildman–Crippen MR) is 74.8 cm³/mol. The second-order valence-corrected chi connectivity index (χ2v) is 5.67. The van der Waals surface area contributed by atoms with Crippen LogP contribution in [0.25, 0.3) is 0 Å². The summed E-state index contributed by atoms with van der Waals surface area (Å²) in [6, 6.07) is 0. The van der Waals surface area contributed by atoms with Crippen molar-refractivity contribution in [1.29, 1.82) is 0 Å². The van der Waals surface area contributed by atoms with Gasteiger partial charge in [-0.3, -0.25) is 4.90 Å². The summed E-state index contributed by atoms with van der Waals surface area (Å²) in [5, 5.41) is 6.70. The van der Waals surface area contributed by atoms with E-state index in [0.29, 0.717) is 6.10 Å². The van der Waals surface area contributed by atoms with Crippen molar-refractivity contribution in [2.75, 3.05) is 26.7 Å². The van der Waals surface area contributed by atoms with Crippen molar-refractivity contribution in [2.24, 2.45) is 0 Å². The van der Waals surface area contributed by atoms with Gasteiger partial charge >= 0.3 is 0 Å². The Morgan fingerprint density at radius 3 is 2.94 bits per heavy atom. The average molecular weight is 269 g/mol. The highest BCUT2D eigenvalue weighted by atomic mass is 32.1. The predicted octanol–water partition coefficient (Wildman–Crippen LogP) is 1.86. The van der Waals surface area contributed by atoms with Crippen molar-refractivity contribution < 1.29 is 4.74 Å². The van der Waals surface area contributed by atoms with Gasteiger partial charge in [0, 0.05) is 38.7 Å². The molecule has 0 atom stereocenters. The first-order valence-electron chi connectivity index (χ1n) is 6.71. The smallest absolute Gasteiger partial charge is 0.107 e. The second kappa shape index (κ2) is 7.19. The van der Waals surface area contributed by atoms with E-state index < -0.39 is 0 Å². The highest BCUT2D eigenvalue weighted by Crippen LogP contribution is 2.17. The number of rotatable bonds is 6. The third kappa shape index (κ3) is 4.02. The van der Waals surface area contributed by atoms with Gasteiger partial charge < -0.3 is 10.1 Å². The largest absolute Gasteiger partial charge is 0.381 e. The minimum absolute atomic E-state index is 0.459. The molecular formula is C13H23N3OS. The Morgan fingerprint density at radius 1 is 1.50 bits per heavy atom. The number of piperidine rings is 1. The van der Waals surface area contributed by atoms with Gasteiger partial charge in [0.15, 0.2) is 0 Å². The molecular weight excluding hydrogens is 246 g/mol. The van der Waals surface area contributed by atoms with Gasteiger partial charge in [-0.25, -0.2) is 4.98 Å². The van der Waals surface area contributed by atoms with Gasteiger partial charge in [0.2, 0.25) is 0 Å². The number of nitrogens with one attached hydrogen (secondary N) is 1. The number of aromatic nitrogens is 1. The van der Waals surface area contributed by atoms with E-state index in [9.17, 15) is 0 Å². The molecule has 1 aromatic rings. The van der Waals surface area contributed by atoms with E-state index in [1.54, 1.807) is 11.3 Å². The van der Waals surface area contributed by atoms with E-state index in [1.165, 1.54) is 10.7 Å². The molecule has 0 amide bonds. The van der Waals surface area contributed by atoms with Gasteiger partial charge in [0.25, 0.3) is 0 Å². The number of methoxy groups -OCH3 is 1. The van der Waals surface area contributed by atoms with E-state index in [4.69, 9.17) is 4.74 Å². The van der Waals surface area contributed by atoms with E-state index in [-0.39, 0.29) is 0 Å². The highest BCUT2D eigenvalue weighted by Gasteiger charge is 2.19. The molecule has 1 aliphatic rings. The van der Waals surface area contributed by atoms with Gasteiger partial charge in [-0.15, -0.1) is 11.3 Å². The Balaban J connectivity index is 1.77. The fourth-order valence-electron chi connectivity index (χ4n) is 2.27. The highest BCUT2D eigenvalue weighted by molar-refractivity contribution is 7.09. The minimum Gasteiger partial charge on any atom is -0.381 e. The number of hydrogen-bond donors (Lipinski definition) is 1. The molecule has 2 rings (SSSR count). The minimum atomic E-state index is 0.459. The second-order valence-electron chi connectivity index (χ2n) is 4.72. The maximum atomic E-state index is 5.39. The van der Waals surface area contributed by atoms with Crippen LogP contribution in [0.4, 0.5) is 0 Å². The van der Waals surface area contributed by atoms with Crippen LogP contribution in [-0.4, -0.2) is 42.7 Å². The molecule has 1 saturated heterocycles. The lowest BCUT2D eigenvalue weighted by atomic mass is 10.1. The van der Waals surface area contributed by atoms with E-state index in [0.717, 1.165) is 45.6 Å². The first-order valence-corrected chi connectivity index (χ1v) is 7.59. The third-order valence-corrected chi connectivity index (χ3v) is 4.28. The van der Waals surface area contributed by atoms with Crippen LogP contribution in [-0.2, 0) is 17.8 Å². The van der Waals surface area contributed by atoms with Crippen molar-refractivity contribution in [3.63, 3.8) is 0 Å². The first kappa shape index (κ1) is 13.9. The van der Waals surface area contributed by atoms with Crippen LogP contribution in [0.3, 0.4) is 0 Å². The van der Waals surface area contributed by atoms with E-state index in [2.05, 4.69) is 27.5 Å². The van der Waals surface area contributed by atoms with Crippen molar-refractivity contribution >= 4 is 11.3 Å². The van der Waals surface area contributed by atoms with Crippen LogP contribution in [0.1, 0.15) is 30.5 Å². The summed E-state index contributed by atoms with van der Waals surface area (Å²) in [7, 11) is 1.81.